The number of nitrogens with one attached hydrogen (secondary N) is 1. The van der Waals surface area contributed by atoms with E-state index in [1.54, 1.807) is 0 Å². The van der Waals surface area contributed by atoms with Crippen molar-refractivity contribution in [3.05, 3.63) is 65.7 Å². The Bertz CT molecular complexity index is 708. The van der Waals surface area contributed by atoms with Crippen LogP contribution in [0.25, 0.3) is 0 Å². The van der Waals surface area contributed by atoms with Crippen molar-refractivity contribution >= 4 is 5.91 Å². The first-order valence-corrected chi connectivity index (χ1v) is 9.86. The average Bonchev–Trinajstić information content (AvgIpc) is 3.24. The van der Waals surface area contributed by atoms with Crippen molar-refractivity contribution in [1.29, 1.82) is 0 Å². The van der Waals surface area contributed by atoms with Crippen LogP contribution in [0.2, 0.25) is 0 Å². The van der Waals surface area contributed by atoms with Crippen LogP contribution in [0, 0.1) is 5.92 Å². The van der Waals surface area contributed by atoms with E-state index >= 15 is 0 Å². The first-order valence-electron chi connectivity index (χ1n) is 9.86. The van der Waals surface area contributed by atoms with Crippen molar-refractivity contribution in [2.75, 3.05) is 13.2 Å². The third-order valence-electron chi connectivity index (χ3n) is 5.43. The topological polar surface area (TPSA) is 58.6 Å². The number of aliphatic hydroxyl groups is 1. The lowest BCUT2D eigenvalue weighted by atomic mass is 9.99. The molecule has 4 nitrogen and oxygen atoms in total. The second-order valence-corrected chi connectivity index (χ2v) is 7.41. The summed E-state index contributed by atoms with van der Waals surface area (Å²) in [7, 11) is 0. The summed E-state index contributed by atoms with van der Waals surface area (Å²) in [5, 5.41) is 12.7. The van der Waals surface area contributed by atoms with Crippen LogP contribution in [0.5, 0.6) is 5.75 Å². The first kappa shape index (κ1) is 19.4. The highest BCUT2D eigenvalue weighted by atomic mass is 16.5. The Hall–Kier alpha value is -2.33. The maximum Gasteiger partial charge on any atom is 0.227 e. The molecular weight excluding hydrogens is 338 g/mol. The summed E-state index contributed by atoms with van der Waals surface area (Å²) in [6.07, 6.45) is 5.14. The zero-order chi connectivity index (χ0) is 19.1. The van der Waals surface area contributed by atoms with E-state index in [1.807, 2.05) is 61.5 Å². The molecule has 0 aromatic heterocycles. The van der Waals surface area contributed by atoms with Crippen molar-refractivity contribution < 1.29 is 14.6 Å². The van der Waals surface area contributed by atoms with Crippen LogP contribution in [0.15, 0.2) is 54.6 Å². The van der Waals surface area contributed by atoms with E-state index in [-0.39, 0.29) is 18.4 Å². The van der Waals surface area contributed by atoms with Gasteiger partial charge in [0.2, 0.25) is 5.91 Å². The molecule has 1 aliphatic carbocycles. The number of benzene rings is 2. The molecule has 2 N–H and O–H groups in total. The van der Waals surface area contributed by atoms with Gasteiger partial charge in [0.1, 0.15) is 5.75 Å². The van der Waals surface area contributed by atoms with Gasteiger partial charge in [-0.05, 0) is 48.9 Å². The smallest absolute Gasteiger partial charge is 0.227 e. The second kappa shape index (κ2) is 9.56. The molecule has 4 heteroatoms. The Morgan fingerprint density at radius 2 is 1.74 bits per heavy atom. The third-order valence-corrected chi connectivity index (χ3v) is 5.43. The Labute approximate surface area is 161 Å². The highest BCUT2D eigenvalue weighted by Crippen LogP contribution is 2.26. The van der Waals surface area contributed by atoms with E-state index in [0.29, 0.717) is 5.92 Å². The van der Waals surface area contributed by atoms with Gasteiger partial charge in [-0.25, -0.2) is 0 Å². The van der Waals surface area contributed by atoms with Gasteiger partial charge >= 0.3 is 0 Å². The summed E-state index contributed by atoms with van der Waals surface area (Å²) in [5.74, 6) is 1.15. The predicted molar refractivity (Wildman–Crippen MR) is 107 cm³/mol. The van der Waals surface area contributed by atoms with Gasteiger partial charge in [-0.2, -0.15) is 0 Å². The van der Waals surface area contributed by atoms with Crippen LogP contribution in [-0.4, -0.2) is 24.2 Å². The Morgan fingerprint density at radius 3 is 2.37 bits per heavy atom. The lowest BCUT2D eigenvalue weighted by Gasteiger charge is -2.20. The van der Waals surface area contributed by atoms with Crippen LogP contribution < -0.4 is 10.1 Å². The molecular formula is C23H29NO3. The van der Waals surface area contributed by atoms with Crippen molar-refractivity contribution in [2.45, 2.75) is 44.6 Å². The minimum Gasteiger partial charge on any atom is -0.493 e. The minimum atomic E-state index is -0.424. The fourth-order valence-electron chi connectivity index (χ4n) is 3.61. The summed E-state index contributed by atoms with van der Waals surface area (Å²) >= 11 is 0. The first-order chi connectivity index (χ1) is 13.2. The van der Waals surface area contributed by atoms with Crippen LogP contribution in [0.4, 0.5) is 0 Å². The van der Waals surface area contributed by atoms with Crippen LogP contribution in [-0.2, 0) is 4.79 Å². The van der Waals surface area contributed by atoms with Gasteiger partial charge in [0.15, 0.2) is 0 Å². The number of carbonyl (C=O) groups is 1. The molecule has 0 radical (unpaired) electrons. The largest absolute Gasteiger partial charge is 0.493 e. The Kier molecular flexibility index (Phi) is 6.88. The highest BCUT2D eigenvalue weighted by molar-refractivity contribution is 5.83. The lowest BCUT2D eigenvalue weighted by molar-refractivity contribution is -0.123. The molecule has 1 aliphatic rings. The third kappa shape index (κ3) is 5.33. The van der Waals surface area contributed by atoms with Gasteiger partial charge in [0.05, 0.1) is 25.2 Å². The SMILES string of the molecule is C[C@H](C(=O)N[C@@H](CO)c1ccc(OCC2CCCC2)cc1)c1ccccc1. The summed E-state index contributed by atoms with van der Waals surface area (Å²) in [4.78, 5) is 12.6. The molecule has 0 saturated heterocycles. The number of ether oxygens (including phenoxy) is 1. The summed E-state index contributed by atoms with van der Waals surface area (Å²) in [6.45, 7) is 2.50. The summed E-state index contributed by atoms with van der Waals surface area (Å²) < 4.78 is 5.89. The molecule has 3 rings (SSSR count). The van der Waals surface area contributed by atoms with Gasteiger partial charge in [-0.15, -0.1) is 0 Å². The molecule has 0 spiro atoms. The van der Waals surface area contributed by atoms with E-state index in [9.17, 15) is 9.90 Å². The molecule has 2 atom stereocenters. The fraction of sp³-hybridized carbons (Fsp3) is 0.435. The van der Waals surface area contributed by atoms with Gasteiger partial charge in [0.25, 0.3) is 0 Å². The minimum absolute atomic E-state index is 0.0955. The Balaban J connectivity index is 1.57. The molecule has 2 aromatic rings. The predicted octanol–water partition coefficient (Wildman–Crippen LogP) is 4.21. The zero-order valence-corrected chi connectivity index (χ0v) is 15.9. The van der Waals surface area contributed by atoms with Crippen LogP contribution >= 0.6 is 0 Å². The fourth-order valence-corrected chi connectivity index (χ4v) is 3.61. The van der Waals surface area contributed by atoms with E-state index in [2.05, 4.69) is 5.32 Å². The van der Waals surface area contributed by atoms with Crippen molar-refractivity contribution in [2.24, 2.45) is 5.92 Å². The van der Waals surface area contributed by atoms with Crippen LogP contribution in [0.1, 0.15) is 55.7 Å². The molecule has 0 aliphatic heterocycles. The van der Waals surface area contributed by atoms with E-state index in [4.69, 9.17) is 4.74 Å². The van der Waals surface area contributed by atoms with Crippen molar-refractivity contribution in [1.82, 2.24) is 5.32 Å². The summed E-state index contributed by atoms with van der Waals surface area (Å²) in [5.41, 5.74) is 1.83. The molecule has 0 heterocycles. The monoisotopic (exact) mass is 367 g/mol. The van der Waals surface area contributed by atoms with Crippen molar-refractivity contribution in [3.8, 4) is 5.75 Å². The molecule has 1 fully saturated rings. The Morgan fingerprint density at radius 1 is 1.07 bits per heavy atom. The van der Waals surface area contributed by atoms with Gasteiger partial charge < -0.3 is 15.2 Å². The molecule has 1 amide bonds. The maximum atomic E-state index is 12.6. The zero-order valence-electron chi connectivity index (χ0n) is 15.9. The molecule has 2 aromatic carbocycles. The molecule has 0 bridgehead atoms. The maximum absolute atomic E-state index is 12.6. The van der Waals surface area contributed by atoms with Gasteiger partial charge in [-0.1, -0.05) is 55.3 Å². The molecule has 0 unspecified atom stereocenters. The number of amides is 1. The lowest BCUT2D eigenvalue weighted by Crippen LogP contribution is -2.33. The van der Waals surface area contributed by atoms with E-state index in [0.717, 1.165) is 23.5 Å². The average molecular weight is 367 g/mol. The molecule has 27 heavy (non-hydrogen) atoms. The second-order valence-electron chi connectivity index (χ2n) is 7.41. The van der Waals surface area contributed by atoms with E-state index < -0.39 is 6.04 Å². The summed E-state index contributed by atoms with van der Waals surface area (Å²) in [6, 6.07) is 16.9. The van der Waals surface area contributed by atoms with Crippen LogP contribution in [0.3, 0.4) is 0 Å². The van der Waals surface area contributed by atoms with Crippen molar-refractivity contribution in [3.63, 3.8) is 0 Å². The number of rotatable bonds is 8. The number of aliphatic hydroxyl groups excluding tert-OH is 1. The number of hydrogen-bond acceptors (Lipinski definition) is 3. The number of hydrogen-bond donors (Lipinski definition) is 2. The van der Waals surface area contributed by atoms with Gasteiger partial charge in [-0.3, -0.25) is 4.79 Å². The highest BCUT2D eigenvalue weighted by Gasteiger charge is 2.20. The normalized spacial score (nSPS) is 16.7. The standard InChI is InChI=1S/C23H29NO3/c1-17(19-9-3-2-4-10-19)23(26)24-22(15-25)20-11-13-21(14-12-20)27-16-18-7-5-6-8-18/h2-4,9-14,17-18,22,25H,5-8,15-16H2,1H3,(H,24,26)/t17-,22-/m0/s1. The molecule has 144 valence electrons. The van der Waals surface area contributed by atoms with E-state index in [1.165, 1.54) is 25.7 Å². The van der Waals surface area contributed by atoms with Gasteiger partial charge in [0, 0.05) is 0 Å². The quantitative estimate of drug-likeness (QED) is 0.735. The molecule has 1 saturated carbocycles. The number of carbonyl (C=O) groups excluding carboxylic acids is 1.